The highest BCUT2D eigenvalue weighted by Gasteiger charge is 2.22. The molecule has 9 nitrogen and oxygen atoms in total. The molecule has 0 saturated heterocycles. The third-order valence-electron chi connectivity index (χ3n) is 16.0. The lowest BCUT2D eigenvalue weighted by atomic mass is 9.99. The van der Waals surface area contributed by atoms with Crippen LogP contribution in [0, 0.1) is 7.14 Å². The average molecular weight is 1360 g/mol. The fourth-order valence-electron chi connectivity index (χ4n) is 11.8. The molecule has 0 atom stereocenters. The molecule has 11 aromatic carbocycles. The second-order valence-electron chi connectivity index (χ2n) is 21.5. The molecule has 0 unspecified atom stereocenters. The third kappa shape index (κ3) is 10.7. The lowest BCUT2D eigenvalue weighted by molar-refractivity contribution is 1.31. The van der Waals surface area contributed by atoms with Gasteiger partial charge >= 0.3 is 0 Å². The van der Waals surface area contributed by atoms with Crippen LogP contribution in [0.25, 0.3) is 156 Å². The van der Waals surface area contributed by atoms with E-state index >= 15 is 0 Å². The van der Waals surface area contributed by atoms with E-state index in [1.54, 1.807) is 0 Å². The molecule has 0 aliphatic heterocycles. The lowest BCUT2D eigenvalue weighted by Gasteiger charge is -2.07. The van der Waals surface area contributed by atoms with Crippen LogP contribution in [0.2, 0.25) is 0 Å². The van der Waals surface area contributed by atoms with Crippen LogP contribution in [-0.4, -0.2) is 44.9 Å². The Labute approximate surface area is 534 Å². The van der Waals surface area contributed by atoms with Gasteiger partial charge in [0.1, 0.15) is 17.5 Å². The fraction of sp³-hybridized carbons (Fsp3) is 0. The number of fused-ring (bicyclic) bond motifs is 5. The molecular formula is C77H53I2N9. The van der Waals surface area contributed by atoms with Crippen molar-refractivity contribution >= 4 is 99.4 Å². The van der Waals surface area contributed by atoms with Crippen LogP contribution in [-0.2, 0) is 0 Å². The molecule has 6 N–H and O–H groups in total. The highest BCUT2D eigenvalue weighted by molar-refractivity contribution is 14.1. The van der Waals surface area contributed by atoms with E-state index in [2.05, 4.69) is 312 Å². The number of rotatable bonds is 9. The smallest absolute Gasteiger partial charge is 0.140 e. The van der Waals surface area contributed by atoms with Gasteiger partial charge in [-0.2, -0.15) is 0 Å². The van der Waals surface area contributed by atoms with Crippen molar-refractivity contribution in [1.29, 1.82) is 0 Å². The van der Waals surface area contributed by atoms with Crippen LogP contribution in [0.1, 0.15) is 0 Å². The predicted molar refractivity (Wildman–Crippen MR) is 381 cm³/mol. The predicted octanol–water partition coefficient (Wildman–Crippen LogP) is 21.2. The summed E-state index contributed by atoms with van der Waals surface area (Å²) >= 11 is 4.70. The van der Waals surface area contributed by atoms with Gasteiger partial charge in [-0.1, -0.05) is 218 Å². The Morgan fingerprint density at radius 1 is 0.250 bits per heavy atom. The number of hydrogen-bond acceptors (Lipinski definition) is 3. The first-order valence-electron chi connectivity index (χ1n) is 29.0. The zero-order valence-electron chi connectivity index (χ0n) is 47.2. The Hall–Kier alpha value is -10.4. The Kier molecular flexibility index (Phi) is 14.7. The van der Waals surface area contributed by atoms with Crippen molar-refractivity contribution in [3.63, 3.8) is 0 Å². The summed E-state index contributed by atoms with van der Waals surface area (Å²) in [7, 11) is 0. The van der Waals surface area contributed by atoms with Crippen LogP contribution in [0.4, 0.5) is 0 Å². The van der Waals surface area contributed by atoms with Crippen LogP contribution >= 0.6 is 45.2 Å². The van der Waals surface area contributed by atoms with Gasteiger partial charge in [0.2, 0.25) is 0 Å². The minimum absolute atomic E-state index is 0.870. The van der Waals surface area contributed by atoms with Crippen molar-refractivity contribution in [2.75, 3.05) is 0 Å². The number of hydrogen-bond donors (Lipinski definition) is 6. The molecule has 17 aromatic rings. The number of aromatic amines is 6. The standard InChI is InChI=1S/2C27H19N3.C23H15I2N3/c1-2-10-19(11-3-1)25-26(22-15-8-12-18-9-4-5-13-20(18)22)30-27(29-25)23-17-28-24-16-7-6-14-21(23)24;1-2-9-19(10-3-1)25-26(21-15-14-18-8-4-5-11-20(18)16-21)30-27(29-25)23-17-28-24-13-7-6-12-22(23)24;24-16-7-3-5-14(11-16)21-22(15-6-4-8-17(25)12-15)28-23(27-21)19-13-26-20-10-2-1-9-18(19)20/h2*1-17,28H,(H,29,30);1-13,26H,(H,27,28). The summed E-state index contributed by atoms with van der Waals surface area (Å²) in [6, 6.07) is 92.6. The van der Waals surface area contributed by atoms with Gasteiger partial charge in [0.15, 0.2) is 0 Å². The van der Waals surface area contributed by atoms with E-state index in [9.17, 15) is 0 Å². The summed E-state index contributed by atoms with van der Waals surface area (Å²) in [6.07, 6.45) is 6.09. The topological polar surface area (TPSA) is 133 Å². The van der Waals surface area contributed by atoms with E-state index in [0.717, 1.165) is 129 Å². The summed E-state index contributed by atoms with van der Waals surface area (Å²) in [6.45, 7) is 0. The van der Waals surface area contributed by atoms with E-state index in [1.807, 2.05) is 48.9 Å². The normalized spacial score (nSPS) is 11.3. The molecular weight excluding hydrogens is 1300 g/mol. The molecule has 0 aliphatic carbocycles. The quantitative estimate of drug-likeness (QED) is 0.0804. The molecule has 17 rings (SSSR count). The molecule has 6 heterocycles. The van der Waals surface area contributed by atoms with Gasteiger partial charge in [-0.05, 0) is 115 Å². The zero-order valence-corrected chi connectivity index (χ0v) is 51.5. The maximum absolute atomic E-state index is 5.08. The Balaban J connectivity index is 0.000000111. The SMILES string of the molecule is Ic1cccc(-c2nc(-c3c[nH]c4ccccc34)[nH]c2-c2cccc(I)c2)c1.c1ccc(-c2[nH]c(-c3c[nH]c4ccccc34)nc2-c2ccc3ccccc3c2)cc1.c1ccc(-c2nc(-c3c[nH]c4ccccc34)[nH]c2-c2cccc3ccccc23)cc1. The maximum atomic E-state index is 5.08. The number of nitrogens with one attached hydrogen (secondary N) is 6. The first-order chi connectivity index (χ1) is 43.4. The number of H-pyrrole nitrogens is 6. The number of imidazole rings is 3. The number of halogens is 2. The van der Waals surface area contributed by atoms with E-state index in [1.165, 1.54) is 34.1 Å². The van der Waals surface area contributed by atoms with E-state index < -0.39 is 0 Å². The summed E-state index contributed by atoms with van der Waals surface area (Å²) in [5, 5.41) is 8.37. The number of para-hydroxylation sites is 3. The highest BCUT2D eigenvalue weighted by Crippen LogP contribution is 2.41. The van der Waals surface area contributed by atoms with Crippen molar-refractivity contribution < 1.29 is 0 Å². The van der Waals surface area contributed by atoms with Crippen molar-refractivity contribution in [2.24, 2.45) is 0 Å². The molecule has 0 saturated carbocycles. The van der Waals surface area contributed by atoms with Crippen LogP contribution in [0.3, 0.4) is 0 Å². The summed E-state index contributed by atoms with van der Waals surface area (Å²) < 4.78 is 2.40. The molecule has 0 aliphatic rings. The minimum Gasteiger partial charge on any atom is -0.360 e. The van der Waals surface area contributed by atoms with Crippen LogP contribution in [0.15, 0.2) is 286 Å². The number of nitrogens with zero attached hydrogens (tertiary/aromatic N) is 3. The minimum atomic E-state index is 0.870. The summed E-state index contributed by atoms with van der Waals surface area (Å²) in [4.78, 5) is 36.1. The molecule has 6 aromatic heterocycles. The van der Waals surface area contributed by atoms with Gasteiger partial charge in [-0.25, -0.2) is 15.0 Å². The lowest BCUT2D eigenvalue weighted by Crippen LogP contribution is -1.85. The van der Waals surface area contributed by atoms with Crippen molar-refractivity contribution in [3.8, 4) is 102 Å². The van der Waals surface area contributed by atoms with Crippen molar-refractivity contribution in [2.45, 2.75) is 0 Å². The second kappa shape index (κ2) is 23.8. The van der Waals surface area contributed by atoms with Gasteiger partial charge in [0.05, 0.1) is 34.2 Å². The van der Waals surface area contributed by atoms with E-state index in [0.29, 0.717) is 0 Å². The van der Waals surface area contributed by atoms with Crippen LogP contribution < -0.4 is 0 Å². The van der Waals surface area contributed by atoms with Gasteiger partial charge < -0.3 is 29.9 Å². The molecule has 0 bridgehead atoms. The second-order valence-corrected chi connectivity index (χ2v) is 24.0. The summed E-state index contributed by atoms with van der Waals surface area (Å²) in [5.74, 6) is 2.61. The molecule has 0 fully saturated rings. The molecule has 0 radical (unpaired) electrons. The monoisotopic (exact) mass is 1360 g/mol. The average Bonchev–Trinajstić information content (AvgIpc) is 2.90. The Morgan fingerprint density at radius 2 is 0.636 bits per heavy atom. The van der Waals surface area contributed by atoms with E-state index in [4.69, 9.17) is 15.0 Å². The number of benzene rings is 11. The first kappa shape index (κ1) is 54.3. The Morgan fingerprint density at radius 3 is 1.19 bits per heavy atom. The summed E-state index contributed by atoms with van der Waals surface area (Å²) in [5.41, 5.74) is 19.3. The largest absolute Gasteiger partial charge is 0.360 e. The molecule has 0 spiro atoms. The van der Waals surface area contributed by atoms with Gasteiger partial charge in [-0.15, -0.1) is 0 Å². The van der Waals surface area contributed by atoms with Crippen molar-refractivity contribution in [3.05, 3.63) is 293 Å². The Bertz CT molecular complexity index is 5260. The zero-order chi connectivity index (χ0) is 58.9. The fourth-order valence-corrected chi connectivity index (χ4v) is 12.9. The molecule has 88 heavy (non-hydrogen) atoms. The molecule has 11 heteroatoms. The first-order valence-corrected chi connectivity index (χ1v) is 31.2. The van der Waals surface area contributed by atoms with Crippen molar-refractivity contribution in [1.82, 2.24) is 44.9 Å². The molecule has 0 amide bonds. The highest BCUT2D eigenvalue weighted by atomic mass is 127. The number of aromatic nitrogens is 9. The van der Waals surface area contributed by atoms with Gasteiger partial charge in [0, 0.05) is 109 Å². The molecule has 420 valence electrons. The van der Waals surface area contributed by atoms with E-state index in [-0.39, 0.29) is 0 Å². The van der Waals surface area contributed by atoms with Crippen LogP contribution in [0.5, 0.6) is 0 Å². The third-order valence-corrected chi connectivity index (χ3v) is 17.4. The maximum Gasteiger partial charge on any atom is 0.140 e. The van der Waals surface area contributed by atoms with Gasteiger partial charge in [-0.3, -0.25) is 0 Å². The van der Waals surface area contributed by atoms with Gasteiger partial charge in [0.25, 0.3) is 0 Å².